The number of hydrogen-bond donors (Lipinski definition) is 0. The molecule has 0 fully saturated rings. The van der Waals surface area contributed by atoms with Crippen molar-refractivity contribution in [1.82, 2.24) is 14.7 Å². The van der Waals surface area contributed by atoms with Crippen LogP contribution < -0.4 is 15.0 Å². The quantitative estimate of drug-likeness (QED) is 0.571. The average Bonchev–Trinajstić information content (AvgIpc) is 2.75. The van der Waals surface area contributed by atoms with E-state index in [0.717, 1.165) is 5.75 Å². The highest BCUT2D eigenvalue weighted by atomic mass is 16.5. The van der Waals surface area contributed by atoms with Gasteiger partial charge in [0, 0.05) is 19.0 Å². The summed E-state index contributed by atoms with van der Waals surface area (Å²) in [5.74, 6) is 1.44. The maximum Gasteiger partial charge on any atom is 0.274 e. The molecule has 158 valence electrons. The standard InChI is InChI=1S/C23H27N3O4/c1-16(2)15-26-22(27)20-8-6-5-7-19(20)21(24-26)23(28)25(3)13-14-30-18-11-9-17(29-4)10-12-18/h5-12,16H,13-15H2,1-4H3. The number of hydrogen-bond acceptors (Lipinski definition) is 5. The van der Waals surface area contributed by atoms with E-state index < -0.39 is 0 Å². The third-order valence-electron chi connectivity index (χ3n) is 4.71. The van der Waals surface area contributed by atoms with E-state index in [9.17, 15) is 9.59 Å². The largest absolute Gasteiger partial charge is 0.497 e. The third kappa shape index (κ3) is 4.79. The first kappa shape index (κ1) is 21.4. The molecule has 0 atom stereocenters. The number of nitrogens with zero attached hydrogens (tertiary/aromatic N) is 3. The van der Waals surface area contributed by atoms with Gasteiger partial charge in [-0.05, 0) is 36.2 Å². The van der Waals surface area contributed by atoms with Gasteiger partial charge in [0.2, 0.25) is 0 Å². The molecule has 0 aliphatic heterocycles. The van der Waals surface area contributed by atoms with Crippen LogP contribution in [0.4, 0.5) is 0 Å². The van der Waals surface area contributed by atoms with E-state index in [1.807, 2.05) is 38.1 Å². The van der Waals surface area contributed by atoms with Crippen molar-refractivity contribution in [1.29, 1.82) is 0 Å². The zero-order valence-electron chi connectivity index (χ0n) is 17.8. The number of ether oxygens (including phenoxy) is 2. The van der Waals surface area contributed by atoms with E-state index in [0.29, 0.717) is 36.2 Å². The summed E-state index contributed by atoms with van der Waals surface area (Å²) in [5.41, 5.74) is 0.0964. The number of methoxy groups -OCH3 is 1. The minimum atomic E-state index is -0.248. The van der Waals surface area contributed by atoms with Gasteiger partial charge in [-0.3, -0.25) is 9.59 Å². The van der Waals surface area contributed by atoms with E-state index in [1.54, 1.807) is 43.3 Å². The second-order valence-corrected chi connectivity index (χ2v) is 7.53. The number of carbonyl (C=O) groups excluding carboxylic acids is 1. The molecular weight excluding hydrogens is 382 g/mol. The molecule has 0 N–H and O–H groups in total. The van der Waals surface area contributed by atoms with Crippen molar-refractivity contribution in [3.05, 3.63) is 64.6 Å². The Hall–Kier alpha value is -3.35. The Morgan fingerprint density at radius 3 is 2.33 bits per heavy atom. The van der Waals surface area contributed by atoms with Gasteiger partial charge >= 0.3 is 0 Å². The number of amides is 1. The zero-order chi connectivity index (χ0) is 21.7. The molecule has 0 spiro atoms. The molecule has 0 saturated carbocycles. The Kier molecular flexibility index (Phi) is 6.72. The molecule has 7 heteroatoms. The minimum absolute atomic E-state index is 0.179. The SMILES string of the molecule is COc1ccc(OCCN(C)C(=O)c2nn(CC(C)C)c(=O)c3ccccc23)cc1. The van der Waals surface area contributed by atoms with Gasteiger partial charge in [0.25, 0.3) is 11.5 Å². The summed E-state index contributed by atoms with van der Waals surface area (Å²) in [7, 11) is 3.31. The molecule has 1 amide bonds. The number of fused-ring (bicyclic) bond motifs is 1. The van der Waals surface area contributed by atoms with Gasteiger partial charge in [0.1, 0.15) is 18.1 Å². The summed E-state index contributed by atoms with van der Waals surface area (Å²) < 4.78 is 12.2. The van der Waals surface area contributed by atoms with Gasteiger partial charge in [-0.25, -0.2) is 4.68 Å². The normalized spacial score (nSPS) is 11.0. The number of likely N-dealkylation sites (N-methyl/N-ethyl adjacent to an activating group) is 1. The van der Waals surface area contributed by atoms with Crippen molar-refractivity contribution in [2.75, 3.05) is 27.3 Å². The van der Waals surface area contributed by atoms with Crippen molar-refractivity contribution >= 4 is 16.7 Å². The first-order chi connectivity index (χ1) is 14.4. The first-order valence-electron chi connectivity index (χ1n) is 9.93. The maximum atomic E-state index is 13.1. The smallest absolute Gasteiger partial charge is 0.274 e. The van der Waals surface area contributed by atoms with Gasteiger partial charge in [-0.2, -0.15) is 5.10 Å². The molecule has 0 radical (unpaired) electrons. The van der Waals surface area contributed by atoms with E-state index >= 15 is 0 Å². The number of benzene rings is 2. The Bertz CT molecular complexity index is 1070. The Labute approximate surface area is 175 Å². The lowest BCUT2D eigenvalue weighted by atomic mass is 10.1. The highest BCUT2D eigenvalue weighted by Gasteiger charge is 2.20. The summed E-state index contributed by atoms with van der Waals surface area (Å²) in [6, 6.07) is 14.4. The van der Waals surface area contributed by atoms with E-state index in [4.69, 9.17) is 9.47 Å². The predicted octanol–water partition coefficient (Wildman–Crippen LogP) is 3.21. The lowest BCUT2D eigenvalue weighted by molar-refractivity contribution is 0.0767. The van der Waals surface area contributed by atoms with Crippen LogP contribution in [-0.2, 0) is 6.54 Å². The zero-order valence-corrected chi connectivity index (χ0v) is 17.8. The summed E-state index contributed by atoms with van der Waals surface area (Å²) in [5, 5.41) is 5.47. The topological polar surface area (TPSA) is 73.7 Å². The molecule has 0 saturated heterocycles. The molecule has 30 heavy (non-hydrogen) atoms. The molecule has 0 aliphatic rings. The van der Waals surface area contributed by atoms with Crippen LogP contribution in [0.15, 0.2) is 53.3 Å². The van der Waals surface area contributed by atoms with Crippen LogP contribution in [-0.4, -0.2) is 47.9 Å². The van der Waals surface area contributed by atoms with Gasteiger partial charge < -0.3 is 14.4 Å². The summed E-state index contributed by atoms with van der Waals surface area (Å²) in [6.45, 7) is 5.18. The van der Waals surface area contributed by atoms with Gasteiger partial charge in [-0.15, -0.1) is 0 Å². The number of carbonyl (C=O) groups is 1. The van der Waals surface area contributed by atoms with Crippen molar-refractivity contribution in [3.63, 3.8) is 0 Å². The molecule has 3 rings (SSSR count). The van der Waals surface area contributed by atoms with Crippen LogP contribution >= 0.6 is 0 Å². The van der Waals surface area contributed by atoms with Crippen LogP contribution in [0.5, 0.6) is 11.5 Å². The van der Waals surface area contributed by atoms with Crippen LogP contribution in [0, 0.1) is 5.92 Å². The Balaban J connectivity index is 1.77. The molecule has 1 aromatic heterocycles. The fourth-order valence-electron chi connectivity index (χ4n) is 3.12. The van der Waals surface area contributed by atoms with E-state index in [2.05, 4.69) is 5.10 Å². The predicted molar refractivity (Wildman–Crippen MR) is 116 cm³/mol. The Morgan fingerprint density at radius 2 is 1.70 bits per heavy atom. The lowest BCUT2D eigenvalue weighted by Gasteiger charge is -2.19. The van der Waals surface area contributed by atoms with Crippen LogP contribution in [0.3, 0.4) is 0 Å². The summed E-state index contributed by atoms with van der Waals surface area (Å²) in [4.78, 5) is 27.4. The molecule has 0 unspecified atom stereocenters. The highest BCUT2D eigenvalue weighted by molar-refractivity contribution is 6.04. The molecule has 2 aromatic carbocycles. The van der Waals surface area contributed by atoms with Crippen molar-refractivity contribution in [2.45, 2.75) is 20.4 Å². The van der Waals surface area contributed by atoms with Crippen LogP contribution in [0.2, 0.25) is 0 Å². The van der Waals surface area contributed by atoms with Gasteiger partial charge in [0.15, 0.2) is 5.69 Å². The average molecular weight is 409 g/mol. The van der Waals surface area contributed by atoms with E-state index in [-0.39, 0.29) is 23.1 Å². The molecule has 1 heterocycles. The van der Waals surface area contributed by atoms with Crippen molar-refractivity contribution in [3.8, 4) is 11.5 Å². The molecule has 0 bridgehead atoms. The first-order valence-corrected chi connectivity index (χ1v) is 9.93. The fourth-order valence-corrected chi connectivity index (χ4v) is 3.12. The molecule has 0 aliphatic carbocycles. The maximum absolute atomic E-state index is 13.1. The number of rotatable bonds is 8. The summed E-state index contributed by atoms with van der Waals surface area (Å²) >= 11 is 0. The van der Waals surface area contributed by atoms with Crippen molar-refractivity contribution < 1.29 is 14.3 Å². The van der Waals surface area contributed by atoms with Gasteiger partial charge in [-0.1, -0.05) is 32.0 Å². The lowest BCUT2D eigenvalue weighted by Crippen LogP contribution is -2.34. The van der Waals surface area contributed by atoms with Gasteiger partial charge in [0.05, 0.1) is 19.0 Å². The van der Waals surface area contributed by atoms with Crippen molar-refractivity contribution in [2.24, 2.45) is 5.92 Å². The highest BCUT2D eigenvalue weighted by Crippen LogP contribution is 2.18. The summed E-state index contributed by atoms with van der Waals surface area (Å²) in [6.07, 6.45) is 0. The molecule has 3 aromatic rings. The molecule has 7 nitrogen and oxygen atoms in total. The Morgan fingerprint density at radius 1 is 1.07 bits per heavy atom. The second-order valence-electron chi connectivity index (χ2n) is 7.53. The molecular formula is C23H27N3O4. The minimum Gasteiger partial charge on any atom is -0.497 e. The second kappa shape index (κ2) is 9.43. The third-order valence-corrected chi connectivity index (χ3v) is 4.71. The number of aromatic nitrogens is 2. The monoisotopic (exact) mass is 409 g/mol. The van der Waals surface area contributed by atoms with Crippen LogP contribution in [0.25, 0.3) is 10.8 Å². The van der Waals surface area contributed by atoms with Crippen LogP contribution in [0.1, 0.15) is 24.3 Å². The fraction of sp³-hybridized carbons (Fsp3) is 0.348. The van der Waals surface area contributed by atoms with E-state index in [1.165, 1.54) is 4.68 Å².